The maximum absolute atomic E-state index is 11.8. The molecule has 27 heavy (non-hydrogen) atoms. The highest BCUT2D eigenvalue weighted by atomic mass is 16.2. The molecule has 6 nitrogen and oxygen atoms in total. The number of fused-ring (bicyclic) bond motifs is 1. The second-order valence-corrected chi connectivity index (χ2v) is 7.95. The lowest BCUT2D eigenvalue weighted by Gasteiger charge is -2.31. The molecule has 0 spiro atoms. The highest BCUT2D eigenvalue weighted by Gasteiger charge is 2.29. The number of rotatable bonds is 3. The van der Waals surface area contributed by atoms with E-state index in [1.807, 2.05) is 4.90 Å². The van der Waals surface area contributed by atoms with Crippen molar-refractivity contribution in [2.75, 3.05) is 26.2 Å². The van der Waals surface area contributed by atoms with Crippen LogP contribution in [0.15, 0.2) is 24.3 Å². The summed E-state index contributed by atoms with van der Waals surface area (Å²) in [6.07, 6.45) is 3.07. The van der Waals surface area contributed by atoms with E-state index in [9.17, 15) is 4.79 Å². The van der Waals surface area contributed by atoms with Crippen LogP contribution in [-0.4, -0.2) is 56.7 Å². The molecule has 1 saturated heterocycles. The topological polar surface area (TPSA) is 54.3 Å². The lowest BCUT2D eigenvalue weighted by Crippen LogP contribution is -2.38. The molecule has 144 valence electrons. The molecule has 3 heterocycles. The van der Waals surface area contributed by atoms with Gasteiger partial charge in [0.25, 0.3) is 0 Å². The van der Waals surface area contributed by atoms with E-state index in [4.69, 9.17) is 0 Å². The van der Waals surface area contributed by atoms with Crippen molar-refractivity contribution in [3.05, 3.63) is 47.0 Å². The van der Waals surface area contributed by atoms with E-state index >= 15 is 0 Å². The van der Waals surface area contributed by atoms with Gasteiger partial charge < -0.3 is 9.47 Å². The average molecular weight is 367 g/mol. The Labute approximate surface area is 161 Å². The quantitative estimate of drug-likeness (QED) is 0.836. The van der Waals surface area contributed by atoms with E-state index in [1.54, 1.807) is 6.92 Å². The van der Waals surface area contributed by atoms with Gasteiger partial charge >= 0.3 is 0 Å². The standard InChI is InChI=1S/C21H29N5O/c1-16-5-3-6-18(13-16)14-24-10-8-20-22-23-21(26(20)12-11-24)19-7-4-9-25(15-19)17(2)27/h3,5-6,13,19H,4,7-12,14-15H2,1-2H3. The summed E-state index contributed by atoms with van der Waals surface area (Å²) in [6, 6.07) is 8.77. The normalized spacial score (nSPS) is 21.0. The largest absolute Gasteiger partial charge is 0.342 e. The average Bonchev–Trinajstić information content (AvgIpc) is 2.97. The Balaban J connectivity index is 1.45. The van der Waals surface area contributed by atoms with Crippen LogP contribution in [0.2, 0.25) is 0 Å². The van der Waals surface area contributed by atoms with Gasteiger partial charge in [0.2, 0.25) is 5.91 Å². The summed E-state index contributed by atoms with van der Waals surface area (Å²) in [6.45, 7) is 9.39. The predicted octanol–water partition coefficient (Wildman–Crippen LogP) is 2.37. The van der Waals surface area contributed by atoms with Gasteiger partial charge in [0.1, 0.15) is 11.6 Å². The van der Waals surface area contributed by atoms with Crippen LogP contribution in [0.1, 0.15) is 48.5 Å². The summed E-state index contributed by atoms with van der Waals surface area (Å²) < 4.78 is 2.32. The molecule has 0 N–H and O–H groups in total. The van der Waals surface area contributed by atoms with Gasteiger partial charge in [0.05, 0.1) is 0 Å². The number of aryl methyl sites for hydroxylation is 1. The highest BCUT2D eigenvalue weighted by Crippen LogP contribution is 2.27. The summed E-state index contributed by atoms with van der Waals surface area (Å²) in [7, 11) is 0. The number of nitrogens with zero attached hydrogens (tertiary/aromatic N) is 5. The second-order valence-electron chi connectivity index (χ2n) is 7.95. The molecule has 1 aromatic heterocycles. The molecule has 1 aromatic carbocycles. The molecular weight excluding hydrogens is 338 g/mol. The van der Waals surface area contributed by atoms with Crippen molar-refractivity contribution in [2.24, 2.45) is 0 Å². The van der Waals surface area contributed by atoms with Gasteiger partial charge in [-0.3, -0.25) is 9.69 Å². The molecule has 4 rings (SSSR count). The number of carbonyl (C=O) groups is 1. The van der Waals surface area contributed by atoms with Crippen LogP contribution in [0.4, 0.5) is 0 Å². The third-order valence-electron chi connectivity index (χ3n) is 5.87. The van der Waals surface area contributed by atoms with Crippen LogP contribution in [0.5, 0.6) is 0 Å². The third kappa shape index (κ3) is 4.05. The Morgan fingerprint density at radius 3 is 2.89 bits per heavy atom. The Kier molecular flexibility index (Phi) is 5.25. The van der Waals surface area contributed by atoms with Crippen molar-refractivity contribution in [3.8, 4) is 0 Å². The molecule has 2 aliphatic heterocycles. The molecule has 0 saturated carbocycles. The summed E-state index contributed by atoms with van der Waals surface area (Å²) in [5, 5.41) is 9.03. The third-order valence-corrected chi connectivity index (χ3v) is 5.87. The lowest BCUT2D eigenvalue weighted by atomic mass is 9.97. The fourth-order valence-corrected chi connectivity index (χ4v) is 4.39. The Hall–Kier alpha value is -2.21. The number of carbonyl (C=O) groups excluding carboxylic acids is 1. The number of benzene rings is 1. The molecule has 1 fully saturated rings. The molecule has 2 aromatic rings. The van der Waals surface area contributed by atoms with Crippen LogP contribution in [0.3, 0.4) is 0 Å². The maximum Gasteiger partial charge on any atom is 0.219 e. The first-order chi connectivity index (χ1) is 13.1. The van der Waals surface area contributed by atoms with Gasteiger partial charge in [-0.25, -0.2) is 0 Å². The number of amides is 1. The fourth-order valence-electron chi connectivity index (χ4n) is 4.39. The minimum atomic E-state index is 0.166. The van der Waals surface area contributed by atoms with E-state index in [1.165, 1.54) is 11.1 Å². The molecule has 6 heteroatoms. The van der Waals surface area contributed by atoms with Gasteiger partial charge in [-0.1, -0.05) is 29.8 Å². The zero-order valence-corrected chi connectivity index (χ0v) is 16.4. The van der Waals surface area contributed by atoms with Gasteiger partial charge in [-0.2, -0.15) is 0 Å². The van der Waals surface area contributed by atoms with Crippen LogP contribution < -0.4 is 0 Å². The van der Waals surface area contributed by atoms with Gasteiger partial charge in [-0.15, -0.1) is 10.2 Å². The van der Waals surface area contributed by atoms with Crippen LogP contribution >= 0.6 is 0 Å². The van der Waals surface area contributed by atoms with Crippen molar-refractivity contribution in [1.82, 2.24) is 24.6 Å². The van der Waals surface area contributed by atoms with Gasteiger partial charge in [0, 0.05) is 58.5 Å². The van der Waals surface area contributed by atoms with E-state index < -0.39 is 0 Å². The molecule has 0 bridgehead atoms. The monoisotopic (exact) mass is 367 g/mol. The maximum atomic E-state index is 11.8. The van der Waals surface area contributed by atoms with Gasteiger partial charge in [-0.05, 0) is 25.3 Å². The predicted molar refractivity (Wildman–Crippen MR) is 104 cm³/mol. The zero-order valence-electron chi connectivity index (χ0n) is 16.4. The summed E-state index contributed by atoms with van der Waals surface area (Å²) in [5.41, 5.74) is 2.69. The summed E-state index contributed by atoms with van der Waals surface area (Å²) in [4.78, 5) is 16.2. The first-order valence-electron chi connectivity index (χ1n) is 10.1. The Morgan fingerprint density at radius 1 is 1.19 bits per heavy atom. The molecule has 1 atom stereocenters. The minimum Gasteiger partial charge on any atom is -0.342 e. The van der Waals surface area contributed by atoms with E-state index in [-0.39, 0.29) is 5.91 Å². The number of aromatic nitrogens is 3. The van der Waals surface area contributed by atoms with Crippen molar-refractivity contribution in [1.29, 1.82) is 0 Å². The fraction of sp³-hybridized carbons (Fsp3) is 0.571. The van der Waals surface area contributed by atoms with Gasteiger partial charge in [0.15, 0.2) is 0 Å². The second kappa shape index (κ2) is 7.80. The smallest absolute Gasteiger partial charge is 0.219 e. The first-order valence-corrected chi connectivity index (χ1v) is 10.1. The summed E-state index contributed by atoms with van der Waals surface area (Å²) in [5.74, 6) is 2.65. The van der Waals surface area contributed by atoms with E-state index in [2.05, 4.69) is 50.9 Å². The van der Waals surface area contributed by atoms with E-state index in [0.717, 1.165) is 70.2 Å². The van der Waals surface area contributed by atoms with Crippen molar-refractivity contribution in [3.63, 3.8) is 0 Å². The number of hydrogen-bond acceptors (Lipinski definition) is 4. The Bertz CT molecular complexity index is 815. The van der Waals surface area contributed by atoms with Crippen LogP contribution in [-0.2, 0) is 24.3 Å². The zero-order chi connectivity index (χ0) is 18.8. The molecule has 1 unspecified atom stereocenters. The minimum absolute atomic E-state index is 0.166. The lowest BCUT2D eigenvalue weighted by molar-refractivity contribution is -0.130. The number of hydrogen-bond donors (Lipinski definition) is 0. The SMILES string of the molecule is CC(=O)N1CCCC(c2nnc3n2CCN(Cc2cccc(C)c2)CC3)C1. The highest BCUT2D eigenvalue weighted by molar-refractivity contribution is 5.73. The first kappa shape index (κ1) is 18.2. The number of piperidine rings is 1. The van der Waals surface area contributed by atoms with Crippen LogP contribution in [0.25, 0.3) is 0 Å². The summed E-state index contributed by atoms with van der Waals surface area (Å²) >= 11 is 0. The van der Waals surface area contributed by atoms with Crippen molar-refractivity contribution in [2.45, 2.75) is 52.1 Å². The van der Waals surface area contributed by atoms with E-state index in [0.29, 0.717) is 5.92 Å². The van der Waals surface area contributed by atoms with Crippen molar-refractivity contribution < 1.29 is 4.79 Å². The molecular formula is C21H29N5O. The molecule has 1 amide bonds. The number of likely N-dealkylation sites (tertiary alicyclic amines) is 1. The molecule has 2 aliphatic rings. The van der Waals surface area contributed by atoms with Crippen molar-refractivity contribution >= 4 is 5.91 Å². The molecule has 0 aliphatic carbocycles. The van der Waals surface area contributed by atoms with Crippen LogP contribution in [0, 0.1) is 6.92 Å². The Morgan fingerprint density at radius 2 is 2.07 bits per heavy atom. The molecule has 0 radical (unpaired) electrons.